The lowest BCUT2D eigenvalue weighted by molar-refractivity contribution is 0.198. The molecule has 0 bridgehead atoms. The summed E-state index contributed by atoms with van der Waals surface area (Å²) in [4.78, 5) is 18.6. The van der Waals surface area contributed by atoms with E-state index in [1.807, 2.05) is 18.5 Å². The van der Waals surface area contributed by atoms with Crippen LogP contribution in [-0.4, -0.2) is 46.0 Å². The third-order valence-corrected chi connectivity index (χ3v) is 5.50. The SMILES string of the molecule is Cc1ncccc1CN1CCCC(N(C)c2ccnc(C3CC3)n2)C1. The molecule has 1 aliphatic carbocycles. The molecule has 1 saturated carbocycles. The van der Waals surface area contributed by atoms with Crippen molar-refractivity contribution in [3.8, 4) is 0 Å². The number of likely N-dealkylation sites (tertiary alicyclic amines) is 1. The van der Waals surface area contributed by atoms with Crippen LogP contribution in [0, 0.1) is 6.92 Å². The van der Waals surface area contributed by atoms with Crippen molar-refractivity contribution in [2.45, 2.75) is 51.1 Å². The summed E-state index contributed by atoms with van der Waals surface area (Å²) in [6, 6.07) is 6.79. The molecule has 2 aromatic heterocycles. The molecule has 2 aromatic rings. The Morgan fingerprint density at radius 2 is 2.04 bits per heavy atom. The van der Waals surface area contributed by atoms with E-state index in [0.29, 0.717) is 12.0 Å². The molecule has 0 aromatic carbocycles. The van der Waals surface area contributed by atoms with E-state index in [4.69, 9.17) is 4.98 Å². The van der Waals surface area contributed by atoms with Crippen LogP contribution in [0.2, 0.25) is 0 Å². The number of rotatable bonds is 5. The molecule has 2 fully saturated rings. The summed E-state index contributed by atoms with van der Waals surface area (Å²) in [6.45, 7) is 5.33. The van der Waals surface area contributed by atoms with Crippen molar-refractivity contribution >= 4 is 5.82 Å². The number of aryl methyl sites for hydroxylation is 1. The second-order valence-electron chi connectivity index (χ2n) is 7.44. The molecule has 0 spiro atoms. The highest BCUT2D eigenvalue weighted by molar-refractivity contribution is 5.38. The van der Waals surface area contributed by atoms with Crippen LogP contribution in [0.4, 0.5) is 5.82 Å². The lowest BCUT2D eigenvalue weighted by atomic mass is 10.0. The first-order valence-electron chi connectivity index (χ1n) is 9.39. The average Bonchev–Trinajstić information content (AvgIpc) is 3.49. The van der Waals surface area contributed by atoms with Gasteiger partial charge in [-0.3, -0.25) is 9.88 Å². The predicted molar refractivity (Wildman–Crippen MR) is 99.7 cm³/mol. The molecule has 1 aliphatic heterocycles. The van der Waals surface area contributed by atoms with E-state index in [1.54, 1.807) is 0 Å². The lowest BCUT2D eigenvalue weighted by Crippen LogP contribution is -2.46. The van der Waals surface area contributed by atoms with Gasteiger partial charge in [-0.05, 0) is 56.8 Å². The first-order chi connectivity index (χ1) is 12.2. The summed E-state index contributed by atoms with van der Waals surface area (Å²) in [5.74, 6) is 2.70. The number of likely N-dealkylation sites (N-methyl/N-ethyl adjacent to an activating group) is 1. The minimum absolute atomic E-state index is 0.507. The van der Waals surface area contributed by atoms with Crippen molar-refractivity contribution in [2.24, 2.45) is 0 Å². The molecular formula is C20H27N5. The van der Waals surface area contributed by atoms with Crippen LogP contribution in [0.15, 0.2) is 30.6 Å². The topological polar surface area (TPSA) is 45.2 Å². The van der Waals surface area contributed by atoms with Crippen molar-refractivity contribution in [3.05, 3.63) is 47.7 Å². The molecule has 1 saturated heterocycles. The number of hydrogen-bond acceptors (Lipinski definition) is 5. The Bertz CT molecular complexity index is 728. The summed E-state index contributed by atoms with van der Waals surface area (Å²) < 4.78 is 0. The van der Waals surface area contributed by atoms with Gasteiger partial charge in [-0.2, -0.15) is 0 Å². The van der Waals surface area contributed by atoms with Gasteiger partial charge in [0.1, 0.15) is 11.6 Å². The van der Waals surface area contributed by atoms with Crippen LogP contribution in [-0.2, 0) is 6.54 Å². The molecule has 5 nitrogen and oxygen atoms in total. The predicted octanol–water partition coefficient (Wildman–Crippen LogP) is 3.16. The maximum Gasteiger partial charge on any atom is 0.133 e. The van der Waals surface area contributed by atoms with Crippen molar-refractivity contribution in [1.82, 2.24) is 19.9 Å². The van der Waals surface area contributed by atoms with Crippen LogP contribution in [0.25, 0.3) is 0 Å². The third-order valence-electron chi connectivity index (χ3n) is 5.50. The van der Waals surface area contributed by atoms with Gasteiger partial charge >= 0.3 is 0 Å². The molecule has 132 valence electrons. The van der Waals surface area contributed by atoms with Crippen LogP contribution >= 0.6 is 0 Å². The van der Waals surface area contributed by atoms with Crippen molar-refractivity contribution < 1.29 is 0 Å². The third kappa shape index (κ3) is 3.82. The van der Waals surface area contributed by atoms with E-state index < -0.39 is 0 Å². The van der Waals surface area contributed by atoms with Crippen molar-refractivity contribution in [1.29, 1.82) is 0 Å². The van der Waals surface area contributed by atoms with Gasteiger partial charge in [-0.25, -0.2) is 9.97 Å². The monoisotopic (exact) mass is 337 g/mol. The molecular weight excluding hydrogens is 310 g/mol. The summed E-state index contributed by atoms with van der Waals surface area (Å²) in [6.07, 6.45) is 8.74. The summed E-state index contributed by atoms with van der Waals surface area (Å²) in [5, 5.41) is 0. The highest BCUT2D eigenvalue weighted by atomic mass is 15.3. The van der Waals surface area contributed by atoms with Crippen LogP contribution in [0.3, 0.4) is 0 Å². The highest BCUT2D eigenvalue weighted by Gasteiger charge is 2.28. The van der Waals surface area contributed by atoms with Crippen LogP contribution < -0.4 is 4.90 Å². The Morgan fingerprint density at radius 1 is 1.16 bits per heavy atom. The Kier molecular flexibility index (Phi) is 4.66. The van der Waals surface area contributed by atoms with Gasteiger partial charge < -0.3 is 4.90 Å². The maximum absolute atomic E-state index is 4.82. The van der Waals surface area contributed by atoms with Gasteiger partial charge in [0, 0.05) is 50.2 Å². The standard InChI is InChI=1S/C20H27N5/c1-15-17(5-3-10-21-15)13-25-12-4-6-18(14-25)24(2)19-9-11-22-20(23-19)16-7-8-16/h3,5,9-11,16,18H,4,6-8,12-14H2,1-2H3. The summed E-state index contributed by atoms with van der Waals surface area (Å²) in [7, 11) is 2.18. The van der Waals surface area contributed by atoms with E-state index >= 15 is 0 Å². The fourth-order valence-corrected chi connectivity index (χ4v) is 3.70. The van der Waals surface area contributed by atoms with Crippen molar-refractivity contribution in [2.75, 3.05) is 25.0 Å². The number of anilines is 1. The number of aromatic nitrogens is 3. The normalized spacial score (nSPS) is 21.3. The lowest BCUT2D eigenvalue weighted by Gasteiger charge is -2.38. The zero-order valence-electron chi connectivity index (χ0n) is 15.2. The Hall–Kier alpha value is -2.01. The maximum atomic E-state index is 4.82. The Balaban J connectivity index is 1.43. The second-order valence-corrected chi connectivity index (χ2v) is 7.44. The van der Waals surface area contributed by atoms with E-state index in [2.05, 4.69) is 45.9 Å². The highest BCUT2D eigenvalue weighted by Crippen LogP contribution is 2.38. The zero-order chi connectivity index (χ0) is 17.2. The number of nitrogens with zero attached hydrogens (tertiary/aromatic N) is 5. The molecule has 5 heteroatoms. The largest absolute Gasteiger partial charge is 0.355 e. The quantitative estimate of drug-likeness (QED) is 0.838. The van der Waals surface area contributed by atoms with Crippen molar-refractivity contribution in [3.63, 3.8) is 0 Å². The Morgan fingerprint density at radius 3 is 2.84 bits per heavy atom. The fraction of sp³-hybridized carbons (Fsp3) is 0.550. The molecule has 25 heavy (non-hydrogen) atoms. The van der Waals surface area contributed by atoms with E-state index in [-0.39, 0.29) is 0 Å². The van der Waals surface area contributed by atoms with E-state index in [0.717, 1.165) is 37.0 Å². The summed E-state index contributed by atoms with van der Waals surface area (Å²) >= 11 is 0. The first kappa shape index (κ1) is 16.5. The second kappa shape index (κ2) is 7.08. The van der Waals surface area contributed by atoms with E-state index in [9.17, 15) is 0 Å². The molecule has 0 radical (unpaired) electrons. The van der Waals surface area contributed by atoms with Gasteiger partial charge in [0.25, 0.3) is 0 Å². The molecule has 4 rings (SSSR count). The Labute approximate surface area is 150 Å². The van der Waals surface area contributed by atoms with Gasteiger partial charge in [-0.15, -0.1) is 0 Å². The van der Waals surface area contributed by atoms with Gasteiger partial charge in [-0.1, -0.05) is 6.07 Å². The van der Waals surface area contributed by atoms with Gasteiger partial charge in [0.05, 0.1) is 0 Å². The van der Waals surface area contributed by atoms with Crippen LogP contribution in [0.1, 0.15) is 48.7 Å². The molecule has 0 amide bonds. The molecule has 2 aliphatic rings. The zero-order valence-corrected chi connectivity index (χ0v) is 15.2. The van der Waals surface area contributed by atoms with E-state index in [1.165, 1.54) is 31.2 Å². The minimum atomic E-state index is 0.507. The number of pyridine rings is 1. The molecule has 1 atom stereocenters. The molecule has 0 N–H and O–H groups in total. The molecule has 1 unspecified atom stereocenters. The number of piperidine rings is 1. The summed E-state index contributed by atoms with van der Waals surface area (Å²) in [5.41, 5.74) is 2.48. The molecule has 3 heterocycles. The van der Waals surface area contributed by atoms with Crippen LogP contribution in [0.5, 0.6) is 0 Å². The average molecular weight is 337 g/mol. The van der Waals surface area contributed by atoms with Gasteiger partial charge in [0.15, 0.2) is 0 Å². The smallest absolute Gasteiger partial charge is 0.133 e. The minimum Gasteiger partial charge on any atom is -0.355 e. The first-order valence-corrected chi connectivity index (χ1v) is 9.39. The number of hydrogen-bond donors (Lipinski definition) is 0. The fourth-order valence-electron chi connectivity index (χ4n) is 3.70. The van der Waals surface area contributed by atoms with Gasteiger partial charge in [0.2, 0.25) is 0 Å².